The molecule has 9 heteroatoms. The predicted octanol–water partition coefficient (Wildman–Crippen LogP) is 3.11. The zero-order valence-corrected chi connectivity index (χ0v) is 15.8. The number of carboxylic acids is 1. The van der Waals surface area contributed by atoms with Crippen molar-refractivity contribution in [3.05, 3.63) is 47.0 Å². The van der Waals surface area contributed by atoms with Crippen molar-refractivity contribution in [2.24, 2.45) is 5.73 Å². The Balaban J connectivity index is 1.89. The molecule has 0 saturated carbocycles. The summed E-state index contributed by atoms with van der Waals surface area (Å²) in [5.41, 5.74) is 6.17. The third kappa shape index (κ3) is 3.12. The molecule has 1 atom stereocenters. The van der Waals surface area contributed by atoms with Crippen LogP contribution < -0.4 is 10.6 Å². The van der Waals surface area contributed by atoms with Gasteiger partial charge in [-0.15, -0.1) is 0 Å². The number of halogens is 2. The van der Waals surface area contributed by atoms with E-state index in [4.69, 9.17) is 28.9 Å². The fourth-order valence-corrected chi connectivity index (χ4v) is 3.79. The molecule has 2 aromatic heterocycles. The van der Waals surface area contributed by atoms with Gasteiger partial charge in [0.1, 0.15) is 11.4 Å². The fourth-order valence-electron chi connectivity index (χ4n) is 3.43. The maximum Gasteiger partial charge on any atom is 0.325 e. The number of aliphatic carboxylic acids is 1. The number of rotatable bonds is 3. The van der Waals surface area contributed by atoms with Crippen LogP contribution in [0.2, 0.25) is 10.0 Å². The molecule has 0 amide bonds. The quantitative estimate of drug-likeness (QED) is 0.694. The van der Waals surface area contributed by atoms with Gasteiger partial charge >= 0.3 is 5.97 Å². The Morgan fingerprint density at radius 2 is 2.15 bits per heavy atom. The second-order valence-corrected chi connectivity index (χ2v) is 7.50. The highest BCUT2D eigenvalue weighted by atomic mass is 35.5. The Hall–Kier alpha value is -2.35. The highest BCUT2D eigenvalue weighted by Crippen LogP contribution is 2.35. The van der Waals surface area contributed by atoms with Crippen LogP contribution in [0.15, 0.2) is 36.9 Å². The van der Waals surface area contributed by atoms with Crippen molar-refractivity contribution in [1.82, 2.24) is 14.5 Å². The maximum atomic E-state index is 11.6. The molecule has 3 aromatic rings. The van der Waals surface area contributed by atoms with Gasteiger partial charge in [-0.05, 0) is 25.0 Å². The SMILES string of the molecule is NC1(C(=O)O)CCCN(c2cc(-n3ccnc3)c3ccc(Cl)c(Cl)c3n2)C1. The topological polar surface area (TPSA) is 97.3 Å². The van der Waals surface area contributed by atoms with Gasteiger partial charge in [0, 0.05) is 36.9 Å². The number of piperidine rings is 1. The molecule has 1 saturated heterocycles. The number of fused-ring (bicyclic) bond motifs is 1. The highest BCUT2D eigenvalue weighted by molar-refractivity contribution is 6.45. The smallest absolute Gasteiger partial charge is 0.325 e. The van der Waals surface area contributed by atoms with Crippen molar-refractivity contribution in [3.8, 4) is 5.69 Å². The number of nitrogens with two attached hydrogens (primary N) is 1. The molecule has 1 fully saturated rings. The molecule has 3 N–H and O–H groups in total. The summed E-state index contributed by atoms with van der Waals surface area (Å²) in [6, 6.07) is 5.47. The van der Waals surface area contributed by atoms with Crippen LogP contribution in [0.1, 0.15) is 12.8 Å². The summed E-state index contributed by atoms with van der Waals surface area (Å²) >= 11 is 12.6. The molecule has 1 aliphatic rings. The summed E-state index contributed by atoms with van der Waals surface area (Å²) in [7, 11) is 0. The molecule has 1 unspecified atom stereocenters. The molecule has 0 aliphatic carbocycles. The van der Waals surface area contributed by atoms with E-state index in [1.165, 1.54) is 0 Å². The third-order valence-electron chi connectivity index (χ3n) is 4.89. The summed E-state index contributed by atoms with van der Waals surface area (Å²) in [6.45, 7) is 0.828. The van der Waals surface area contributed by atoms with Crippen molar-refractivity contribution in [1.29, 1.82) is 0 Å². The fraction of sp³-hybridized carbons (Fsp3) is 0.278. The number of pyridine rings is 1. The second-order valence-electron chi connectivity index (χ2n) is 6.71. The summed E-state index contributed by atoms with van der Waals surface area (Å²) in [6.07, 6.45) is 6.27. The number of hydrogen-bond donors (Lipinski definition) is 2. The van der Waals surface area contributed by atoms with Crippen molar-refractivity contribution >= 4 is 45.9 Å². The Morgan fingerprint density at radius 3 is 2.85 bits per heavy atom. The molecule has 3 heterocycles. The normalized spacial score (nSPS) is 20.2. The van der Waals surface area contributed by atoms with Gasteiger partial charge < -0.3 is 20.3 Å². The van der Waals surface area contributed by atoms with Gasteiger partial charge in [0.25, 0.3) is 0 Å². The van der Waals surface area contributed by atoms with Crippen LogP contribution in [-0.4, -0.2) is 44.2 Å². The minimum atomic E-state index is -1.30. The molecule has 140 valence electrons. The lowest BCUT2D eigenvalue weighted by Crippen LogP contribution is -2.59. The number of hydrogen-bond acceptors (Lipinski definition) is 5. The predicted molar refractivity (Wildman–Crippen MR) is 105 cm³/mol. The van der Waals surface area contributed by atoms with E-state index in [2.05, 4.69) is 9.97 Å². The van der Waals surface area contributed by atoms with Crippen molar-refractivity contribution in [3.63, 3.8) is 0 Å². The second kappa shape index (κ2) is 6.67. The van der Waals surface area contributed by atoms with Crippen LogP contribution in [0.3, 0.4) is 0 Å². The zero-order chi connectivity index (χ0) is 19.2. The van der Waals surface area contributed by atoms with Crippen LogP contribution in [0.5, 0.6) is 0 Å². The first-order chi connectivity index (χ1) is 12.9. The molecular formula is C18H17Cl2N5O2. The monoisotopic (exact) mass is 405 g/mol. The average molecular weight is 406 g/mol. The molecule has 0 bridgehead atoms. The number of carboxylic acid groups (broad SMARTS) is 1. The lowest BCUT2D eigenvalue weighted by atomic mass is 9.90. The molecule has 1 aliphatic heterocycles. The van der Waals surface area contributed by atoms with E-state index < -0.39 is 11.5 Å². The molecule has 1 aromatic carbocycles. The zero-order valence-electron chi connectivity index (χ0n) is 14.3. The Morgan fingerprint density at radius 1 is 1.33 bits per heavy atom. The van der Waals surface area contributed by atoms with Crippen molar-refractivity contribution < 1.29 is 9.90 Å². The number of carbonyl (C=O) groups is 1. The van der Waals surface area contributed by atoms with Crippen LogP contribution >= 0.6 is 23.2 Å². The average Bonchev–Trinajstić information content (AvgIpc) is 3.18. The summed E-state index contributed by atoms with van der Waals surface area (Å²) in [5.74, 6) is -0.407. The minimum absolute atomic E-state index is 0.169. The maximum absolute atomic E-state index is 11.6. The molecular weight excluding hydrogens is 389 g/mol. The third-order valence-corrected chi connectivity index (χ3v) is 5.69. The van der Waals surface area contributed by atoms with Gasteiger partial charge in [-0.2, -0.15) is 0 Å². The van der Waals surface area contributed by atoms with Gasteiger partial charge in [0.15, 0.2) is 0 Å². The summed E-state index contributed by atoms with van der Waals surface area (Å²) in [4.78, 5) is 22.3. The van der Waals surface area contributed by atoms with Gasteiger partial charge in [-0.25, -0.2) is 9.97 Å². The number of benzene rings is 1. The first-order valence-corrected chi connectivity index (χ1v) is 9.19. The molecule has 0 radical (unpaired) electrons. The Labute approximate surface area is 165 Å². The van der Waals surface area contributed by atoms with Crippen LogP contribution in [0.4, 0.5) is 5.82 Å². The van der Waals surface area contributed by atoms with Gasteiger partial charge in [0.05, 0.1) is 27.6 Å². The van der Waals surface area contributed by atoms with Crippen molar-refractivity contribution in [2.75, 3.05) is 18.0 Å². The Kier molecular flexibility index (Phi) is 4.46. The van der Waals surface area contributed by atoms with Crippen LogP contribution in [0, 0.1) is 0 Å². The first-order valence-electron chi connectivity index (χ1n) is 8.43. The van der Waals surface area contributed by atoms with E-state index in [1.54, 1.807) is 18.6 Å². The van der Waals surface area contributed by atoms with E-state index in [-0.39, 0.29) is 6.54 Å². The summed E-state index contributed by atoms with van der Waals surface area (Å²) < 4.78 is 1.86. The molecule has 7 nitrogen and oxygen atoms in total. The summed E-state index contributed by atoms with van der Waals surface area (Å²) in [5, 5.41) is 11.1. The molecule has 27 heavy (non-hydrogen) atoms. The Bertz CT molecular complexity index is 1020. The lowest BCUT2D eigenvalue weighted by molar-refractivity contribution is -0.143. The number of imidazole rings is 1. The standard InChI is InChI=1S/C18H17Cl2N5O2/c19-12-3-2-11-13(25-7-5-22-10-25)8-14(23-16(11)15(12)20)24-6-1-4-18(21,9-24)17(26)27/h2-3,5,7-8,10H,1,4,6,9,21H2,(H,26,27). The molecule has 4 rings (SSSR count). The van der Waals surface area contributed by atoms with Gasteiger partial charge in [-0.3, -0.25) is 4.79 Å². The van der Waals surface area contributed by atoms with Crippen LogP contribution in [-0.2, 0) is 4.79 Å². The van der Waals surface area contributed by atoms with Crippen molar-refractivity contribution in [2.45, 2.75) is 18.4 Å². The number of nitrogens with zero attached hydrogens (tertiary/aromatic N) is 4. The van der Waals surface area contributed by atoms with Gasteiger partial charge in [0.2, 0.25) is 0 Å². The minimum Gasteiger partial charge on any atom is -0.480 e. The first kappa shape index (κ1) is 18.0. The van der Waals surface area contributed by atoms with E-state index in [1.807, 2.05) is 27.8 Å². The number of anilines is 1. The van der Waals surface area contributed by atoms with E-state index >= 15 is 0 Å². The lowest BCUT2D eigenvalue weighted by Gasteiger charge is -2.38. The van der Waals surface area contributed by atoms with Gasteiger partial charge in [-0.1, -0.05) is 23.2 Å². The van der Waals surface area contributed by atoms with E-state index in [0.717, 1.165) is 11.1 Å². The molecule has 0 spiro atoms. The highest BCUT2D eigenvalue weighted by Gasteiger charge is 2.39. The van der Waals surface area contributed by atoms with E-state index in [9.17, 15) is 9.90 Å². The van der Waals surface area contributed by atoms with Crippen LogP contribution in [0.25, 0.3) is 16.6 Å². The largest absolute Gasteiger partial charge is 0.480 e. The van der Waals surface area contributed by atoms with E-state index in [0.29, 0.717) is 40.8 Å². The number of aromatic nitrogens is 3.